The molecular weight excluding hydrogens is 436 g/mol. The summed E-state index contributed by atoms with van der Waals surface area (Å²) in [5.74, 6) is 0.493. The van der Waals surface area contributed by atoms with Crippen LogP contribution in [0.5, 0.6) is 11.5 Å². The molecule has 2 N–H and O–H groups in total. The van der Waals surface area contributed by atoms with Crippen molar-refractivity contribution in [3.8, 4) is 11.5 Å². The maximum Gasteiger partial charge on any atom is 0.513 e. The fourth-order valence-electron chi connectivity index (χ4n) is 3.17. The van der Waals surface area contributed by atoms with Gasteiger partial charge in [0, 0.05) is 23.4 Å². The van der Waals surface area contributed by atoms with E-state index in [1.54, 1.807) is 44.4 Å². The number of hydrogen-bond donors (Lipinski definition) is 2. The van der Waals surface area contributed by atoms with E-state index in [2.05, 4.69) is 10.6 Å². The normalized spacial score (nSPS) is 10.2. The molecule has 0 radical (unpaired) electrons. The van der Waals surface area contributed by atoms with Gasteiger partial charge in [0.1, 0.15) is 11.5 Å². The number of anilines is 1. The zero-order chi connectivity index (χ0) is 24.3. The van der Waals surface area contributed by atoms with Gasteiger partial charge in [-0.15, -0.1) is 0 Å². The highest BCUT2D eigenvalue weighted by Crippen LogP contribution is 2.18. The molecule has 0 bridgehead atoms. The van der Waals surface area contributed by atoms with Crippen molar-refractivity contribution in [3.63, 3.8) is 0 Å². The summed E-state index contributed by atoms with van der Waals surface area (Å²) in [6.07, 6.45) is -0.595. The Morgan fingerprint density at radius 2 is 1.68 bits per heavy atom. The van der Waals surface area contributed by atoms with Gasteiger partial charge in [0.15, 0.2) is 0 Å². The maximum absolute atomic E-state index is 12.6. The first-order chi connectivity index (χ1) is 16.5. The Hall–Kier alpha value is -4.33. The molecule has 0 aliphatic carbocycles. The van der Waals surface area contributed by atoms with Crippen LogP contribution >= 0.6 is 0 Å². The van der Waals surface area contributed by atoms with Gasteiger partial charge in [0.05, 0.1) is 20.1 Å². The highest BCUT2D eigenvalue weighted by atomic mass is 16.7. The molecule has 3 rings (SSSR count). The summed E-state index contributed by atoms with van der Waals surface area (Å²) in [6.45, 7) is 2.21. The topological polar surface area (TPSA) is 103 Å². The number of hydrogen-bond acceptors (Lipinski definition) is 6. The van der Waals surface area contributed by atoms with Crippen LogP contribution in [0.3, 0.4) is 0 Å². The van der Waals surface area contributed by atoms with Gasteiger partial charge in [-0.05, 0) is 55.0 Å². The highest BCUT2D eigenvalue weighted by molar-refractivity contribution is 6.04. The first-order valence-electron chi connectivity index (χ1n) is 10.7. The molecule has 0 saturated heterocycles. The van der Waals surface area contributed by atoms with E-state index in [9.17, 15) is 14.4 Å². The molecule has 8 nitrogen and oxygen atoms in total. The third kappa shape index (κ3) is 7.09. The summed E-state index contributed by atoms with van der Waals surface area (Å²) in [7, 11) is 1.57. The minimum absolute atomic E-state index is 0.135. The second-order valence-electron chi connectivity index (χ2n) is 7.23. The smallest absolute Gasteiger partial charge is 0.496 e. The van der Waals surface area contributed by atoms with E-state index < -0.39 is 6.16 Å². The van der Waals surface area contributed by atoms with Crippen LogP contribution in [0.25, 0.3) is 0 Å². The summed E-state index contributed by atoms with van der Waals surface area (Å²) in [4.78, 5) is 36.3. The molecule has 0 atom stereocenters. The van der Waals surface area contributed by atoms with Gasteiger partial charge in [-0.3, -0.25) is 9.59 Å². The molecule has 2 amide bonds. The molecule has 8 heteroatoms. The molecule has 0 spiro atoms. The lowest BCUT2D eigenvalue weighted by Crippen LogP contribution is -2.24. The zero-order valence-electron chi connectivity index (χ0n) is 19.0. The largest absolute Gasteiger partial charge is 0.513 e. The predicted molar refractivity (Wildman–Crippen MR) is 127 cm³/mol. The predicted octanol–water partition coefficient (Wildman–Crippen LogP) is 4.34. The van der Waals surface area contributed by atoms with Gasteiger partial charge >= 0.3 is 6.16 Å². The Labute approximate surface area is 197 Å². The molecule has 3 aromatic carbocycles. The van der Waals surface area contributed by atoms with Crippen LogP contribution in [0.15, 0.2) is 72.8 Å². The van der Waals surface area contributed by atoms with Crippen molar-refractivity contribution in [1.82, 2.24) is 5.32 Å². The minimum atomic E-state index is -0.800. The van der Waals surface area contributed by atoms with Crippen LogP contribution in [-0.2, 0) is 22.5 Å². The number of methoxy groups -OCH3 is 1. The van der Waals surface area contributed by atoms with Crippen LogP contribution in [0, 0.1) is 0 Å². The number of rotatable bonds is 9. The molecule has 0 unspecified atom stereocenters. The fraction of sp³-hybridized carbons (Fsp3) is 0.192. The first-order valence-corrected chi connectivity index (χ1v) is 10.7. The summed E-state index contributed by atoms with van der Waals surface area (Å²) >= 11 is 0. The lowest BCUT2D eigenvalue weighted by molar-refractivity contribution is -0.120. The summed E-state index contributed by atoms with van der Waals surface area (Å²) in [5, 5.41) is 5.70. The second-order valence-corrected chi connectivity index (χ2v) is 7.23. The van der Waals surface area contributed by atoms with E-state index in [1.165, 1.54) is 12.1 Å². The Kier molecular flexibility index (Phi) is 8.62. The van der Waals surface area contributed by atoms with E-state index in [1.807, 2.05) is 30.3 Å². The molecule has 0 fully saturated rings. The first kappa shape index (κ1) is 24.3. The van der Waals surface area contributed by atoms with Gasteiger partial charge in [0.2, 0.25) is 5.91 Å². The Balaban J connectivity index is 1.54. The van der Waals surface area contributed by atoms with E-state index in [-0.39, 0.29) is 30.6 Å². The van der Waals surface area contributed by atoms with E-state index in [4.69, 9.17) is 14.2 Å². The van der Waals surface area contributed by atoms with Crippen LogP contribution in [0.2, 0.25) is 0 Å². The Morgan fingerprint density at radius 3 is 2.41 bits per heavy atom. The monoisotopic (exact) mass is 462 g/mol. The van der Waals surface area contributed by atoms with Crippen molar-refractivity contribution in [2.45, 2.75) is 19.9 Å². The number of benzene rings is 3. The van der Waals surface area contributed by atoms with Crippen molar-refractivity contribution in [1.29, 1.82) is 0 Å². The van der Waals surface area contributed by atoms with Crippen molar-refractivity contribution in [2.75, 3.05) is 19.0 Å². The molecule has 0 aliphatic rings. The summed E-state index contributed by atoms with van der Waals surface area (Å²) in [5.41, 5.74) is 2.63. The number of carbonyl (C=O) groups is 3. The summed E-state index contributed by atoms with van der Waals surface area (Å²) < 4.78 is 15.0. The number of nitrogens with one attached hydrogen (secondary N) is 2. The van der Waals surface area contributed by atoms with Crippen LogP contribution in [0.1, 0.15) is 28.4 Å². The lowest BCUT2D eigenvalue weighted by Gasteiger charge is -2.10. The molecule has 3 aromatic rings. The van der Waals surface area contributed by atoms with Crippen LogP contribution in [0.4, 0.5) is 10.5 Å². The number of para-hydroxylation sites is 1. The van der Waals surface area contributed by atoms with Crippen molar-refractivity contribution in [2.24, 2.45) is 0 Å². The van der Waals surface area contributed by atoms with Crippen molar-refractivity contribution < 1.29 is 28.6 Å². The second kappa shape index (κ2) is 12.1. The zero-order valence-corrected chi connectivity index (χ0v) is 19.0. The summed E-state index contributed by atoms with van der Waals surface area (Å²) in [6, 6.07) is 20.7. The average molecular weight is 463 g/mol. The quantitative estimate of drug-likeness (QED) is 0.362. The standard InChI is InChI=1S/C26H26N2O6/c1-3-33-26(31)34-22-13-11-19(12-14-22)25(30)28-21-9-6-7-18(15-21)17-27-24(29)16-20-8-4-5-10-23(20)32-2/h4-15H,3,16-17H2,1-2H3,(H,27,29)(H,28,30). The molecule has 0 aromatic heterocycles. The van der Waals surface area contributed by atoms with Gasteiger partial charge in [-0.2, -0.15) is 0 Å². The van der Waals surface area contributed by atoms with Crippen molar-refractivity contribution >= 4 is 23.7 Å². The van der Waals surface area contributed by atoms with Gasteiger partial charge < -0.3 is 24.8 Å². The van der Waals surface area contributed by atoms with Gasteiger partial charge in [-0.1, -0.05) is 30.3 Å². The third-order valence-corrected chi connectivity index (χ3v) is 4.80. The van der Waals surface area contributed by atoms with Gasteiger partial charge in [-0.25, -0.2) is 4.79 Å². The molecule has 0 saturated carbocycles. The van der Waals surface area contributed by atoms with E-state index >= 15 is 0 Å². The van der Waals surface area contributed by atoms with E-state index in [0.29, 0.717) is 23.5 Å². The molecule has 0 heterocycles. The fourth-order valence-corrected chi connectivity index (χ4v) is 3.17. The number of carbonyl (C=O) groups excluding carboxylic acids is 3. The lowest BCUT2D eigenvalue weighted by atomic mass is 10.1. The van der Waals surface area contributed by atoms with Crippen LogP contribution < -0.4 is 20.1 Å². The highest BCUT2D eigenvalue weighted by Gasteiger charge is 2.11. The third-order valence-electron chi connectivity index (χ3n) is 4.80. The Morgan fingerprint density at radius 1 is 0.912 bits per heavy atom. The molecule has 176 valence electrons. The molecule has 34 heavy (non-hydrogen) atoms. The van der Waals surface area contributed by atoms with Gasteiger partial charge in [0.25, 0.3) is 5.91 Å². The number of ether oxygens (including phenoxy) is 3. The molecular formula is C26H26N2O6. The molecule has 0 aliphatic heterocycles. The van der Waals surface area contributed by atoms with Crippen LogP contribution in [-0.4, -0.2) is 31.7 Å². The van der Waals surface area contributed by atoms with E-state index in [0.717, 1.165) is 11.1 Å². The van der Waals surface area contributed by atoms with Crippen molar-refractivity contribution in [3.05, 3.63) is 89.5 Å². The minimum Gasteiger partial charge on any atom is -0.496 e. The SMILES string of the molecule is CCOC(=O)Oc1ccc(C(=O)Nc2cccc(CNC(=O)Cc3ccccc3OC)c2)cc1. The number of amides is 2. The average Bonchev–Trinajstić information content (AvgIpc) is 2.84. The Bertz CT molecular complexity index is 1140. The maximum atomic E-state index is 12.6.